The number of amides is 2. The number of hydrogen-bond acceptors (Lipinski definition) is 4. The Labute approximate surface area is 131 Å². The van der Waals surface area contributed by atoms with Crippen molar-refractivity contribution >= 4 is 24.9 Å². The van der Waals surface area contributed by atoms with Gasteiger partial charge in [-0.2, -0.15) is 12.6 Å². The van der Waals surface area contributed by atoms with Crippen LogP contribution in [0.25, 0.3) is 0 Å². The average molecular weight is 307 g/mol. The molecule has 4 nitrogen and oxygen atoms in total. The van der Waals surface area contributed by atoms with Gasteiger partial charge in [-0.15, -0.1) is 0 Å². The Kier molecular flexibility index (Phi) is 25.4. The molecule has 5 heteroatoms. The van der Waals surface area contributed by atoms with E-state index >= 15 is 0 Å². The molecule has 0 aliphatic carbocycles. The van der Waals surface area contributed by atoms with Crippen molar-refractivity contribution in [3.05, 3.63) is 0 Å². The number of nitrogens with zero attached hydrogens (tertiary/aromatic N) is 2. The maximum atomic E-state index is 10.7. The van der Waals surface area contributed by atoms with Crippen molar-refractivity contribution in [3.8, 4) is 0 Å². The molecule has 1 heterocycles. The number of rotatable bonds is 4. The summed E-state index contributed by atoms with van der Waals surface area (Å²) in [6, 6.07) is 0. The number of hydrogen-bond donors (Lipinski definition) is 1. The molecular weight excluding hydrogens is 272 g/mol. The Morgan fingerprint density at radius 2 is 1.65 bits per heavy atom. The van der Waals surface area contributed by atoms with Gasteiger partial charge in [0.05, 0.1) is 0 Å². The van der Waals surface area contributed by atoms with E-state index in [1.165, 1.54) is 33.0 Å². The molecule has 0 aromatic carbocycles. The lowest BCUT2D eigenvalue weighted by molar-refractivity contribution is -0.136. The maximum absolute atomic E-state index is 10.7. The molecule has 20 heavy (non-hydrogen) atoms. The highest BCUT2D eigenvalue weighted by Crippen LogP contribution is 2.06. The Balaban J connectivity index is -0.000000234. The van der Waals surface area contributed by atoms with Gasteiger partial charge >= 0.3 is 0 Å². The third kappa shape index (κ3) is 15.5. The van der Waals surface area contributed by atoms with Crippen molar-refractivity contribution in [3.63, 3.8) is 0 Å². The van der Waals surface area contributed by atoms with E-state index in [4.69, 9.17) is 0 Å². The van der Waals surface area contributed by atoms with Crippen LogP contribution >= 0.6 is 12.6 Å². The second kappa shape index (κ2) is 20.8. The van der Waals surface area contributed by atoms with Crippen molar-refractivity contribution in [2.24, 2.45) is 0 Å². The van der Waals surface area contributed by atoms with Crippen molar-refractivity contribution in [1.82, 2.24) is 9.80 Å². The van der Waals surface area contributed by atoms with Crippen LogP contribution in [-0.2, 0) is 9.59 Å². The Morgan fingerprint density at radius 3 is 1.90 bits per heavy atom. The molecule has 0 aromatic rings. The summed E-state index contributed by atoms with van der Waals surface area (Å²) in [4.78, 5) is 24.0. The minimum absolute atomic E-state index is 0.118. The first-order valence-corrected chi connectivity index (χ1v) is 8.33. The van der Waals surface area contributed by atoms with Crippen molar-refractivity contribution in [2.45, 2.75) is 60.3 Å². The van der Waals surface area contributed by atoms with Crippen molar-refractivity contribution in [1.29, 1.82) is 0 Å². The summed E-state index contributed by atoms with van der Waals surface area (Å²) >= 11 is 4.14. The largest absolute Gasteiger partial charge is 0.294 e. The summed E-state index contributed by atoms with van der Waals surface area (Å²) in [6.45, 7) is 12.4. The molecule has 2 amide bonds. The predicted molar refractivity (Wildman–Crippen MR) is 91.1 cm³/mol. The monoisotopic (exact) mass is 306 g/mol. The smallest absolute Gasteiger partial charge is 0.228 e. The molecule has 1 aliphatic heterocycles. The van der Waals surface area contributed by atoms with Crippen molar-refractivity contribution in [2.75, 3.05) is 26.0 Å². The van der Waals surface area contributed by atoms with E-state index in [1.807, 2.05) is 34.6 Å². The van der Waals surface area contributed by atoms with Gasteiger partial charge in [-0.05, 0) is 32.4 Å². The van der Waals surface area contributed by atoms with Gasteiger partial charge in [0, 0.05) is 19.3 Å². The van der Waals surface area contributed by atoms with Crippen LogP contribution in [-0.4, -0.2) is 48.1 Å². The summed E-state index contributed by atoms with van der Waals surface area (Å²) < 4.78 is 0. The minimum atomic E-state index is -0.118. The SMILES string of the molecule is CC.CC.CCCC(=O)N(C)C=O.SCN1CCCC1. The first kappa shape index (κ1) is 24.5. The standard InChI is InChI=1S/C6H11NO2.C5H11NS.2C2H6/c1-3-4-6(9)7(2)5-8;7-5-6-3-1-2-4-6;2*1-2/h5H,3-4H2,1-2H3;7H,1-5H2;2*1-2H3. The van der Waals surface area contributed by atoms with Gasteiger partial charge in [-0.3, -0.25) is 19.4 Å². The fourth-order valence-electron chi connectivity index (χ4n) is 1.37. The Morgan fingerprint density at radius 1 is 1.20 bits per heavy atom. The molecular formula is C15H34N2O2S. The zero-order valence-corrected chi connectivity index (χ0v) is 15.1. The first-order valence-electron chi connectivity index (χ1n) is 7.69. The van der Waals surface area contributed by atoms with Crippen LogP contribution in [0.5, 0.6) is 0 Å². The molecule has 122 valence electrons. The predicted octanol–water partition coefficient (Wildman–Crippen LogP) is 3.42. The van der Waals surface area contributed by atoms with Crippen molar-refractivity contribution < 1.29 is 9.59 Å². The molecule has 1 rings (SSSR count). The zero-order valence-electron chi connectivity index (χ0n) is 14.2. The van der Waals surface area contributed by atoms with Crippen LogP contribution in [0.4, 0.5) is 0 Å². The average Bonchev–Trinajstić information content (AvgIpc) is 3.05. The van der Waals surface area contributed by atoms with Crippen LogP contribution in [0.2, 0.25) is 0 Å². The lowest BCUT2D eigenvalue weighted by Crippen LogP contribution is -2.24. The van der Waals surface area contributed by atoms with Gasteiger partial charge in [-0.1, -0.05) is 34.6 Å². The molecule has 0 bridgehead atoms. The van der Waals surface area contributed by atoms with Crippen LogP contribution in [0.3, 0.4) is 0 Å². The highest BCUT2D eigenvalue weighted by Gasteiger charge is 2.07. The van der Waals surface area contributed by atoms with E-state index in [2.05, 4.69) is 17.5 Å². The normalized spacial score (nSPS) is 12.8. The van der Waals surface area contributed by atoms with Crippen LogP contribution in [0.1, 0.15) is 60.3 Å². The highest BCUT2D eigenvalue weighted by atomic mass is 32.1. The number of likely N-dealkylation sites (tertiary alicyclic amines) is 1. The van der Waals surface area contributed by atoms with Gasteiger partial charge in [0.1, 0.15) is 0 Å². The summed E-state index contributed by atoms with van der Waals surface area (Å²) in [7, 11) is 1.46. The molecule has 0 aromatic heterocycles. The molecule has 1 saturated heterocycles. The first-order chi connectivity index (χ1) is 9.65. The van der Waals surface area contributed by atoms with E-state index < -0.39 is 0 Å². The third-order valence-corrected chi connectivity index (χ3v) is 2.81. The number of carbonyl (C=O) groups excluding carboxylic acids is 2. The minimum Gasteiger partial charge on any atom is -0.294 e. The summed E-state index contributed by atoms with van der Waals surface area (Å²) in [5.74, 6) is 0.826. The molecule has 0 N–H and O–H groups in total. The van der Waals surface area contributed by atoms with Gasteiger partial charge in [0.2, 0.25) is 12.3 Å². The molecule has 0 unspecified atom stereocenters. The second-order valence-corrected chi connectivity index (χ2v) is 4.11. The van der Waals surface area contributed by atoms with Gasteiger partial charge < -0.3 is 0 Å². The maximum Gasteiger partial charge on any atom is 0.228 e. The van der Waals surface area contributed by atoms with Crippen LogP contribution in [0, 0.1) is 0 Å². The lowest BCUT2D eigenvalue weighted by atomic mass is 10.3. The molecule has 1 fully saturated rings. The zero-order chi connectivity index (χ0) is 16.4. The fraction of sp³-hybridized carbons (Fsp3) is 0.867. The van der Waals surface area contributed by atoms with Gasteiger partial charge in [0.15, 0.2) is 0 Å². The molecule has 1 aliphatic rings. The molecule has 0 atom stereocenters. The molecule has 0 radical (unpaired) electrons. The summed E-state index contributed by atoms with van der Waals surface area (Å²) in [6.07, 6.45) is 4.52. The van der Waals surface area contributed by atoms with E-state index in [0.717, 1.165) is 17.2 Å². The van der Waals surface area contributed by atoms with Crippen LogP contribution in [0.15, 0.2) is 0 Å². The van der Waals surface area contributed by atoms with E-state index in [-0.39, 0.29) is 5.91 Å². The topological polar surface area (TPSA) is 40.6 Å². The number of imide groups is 1. The van der Waals surface area contributed by atoms with E-state index in [9.17, 15) is 9.59 Å². The Bertz CT molecular complexity index is 208. The Hall–Kier alpha value is -0.550. The van der Waals surface area contributed by atoms with E-state index in [1.54, 1.807) is 0 Å². The summed E-state index contributed by atoms with van der Waals surface area (Å²) in [5.41, 5.74) is 0. The summed E-state index contributed by atoms with van der Waals surface area (Å²) in [5, 5.41) is 0. The van der Waals surface area contributed by atoms with E-state index in [0.29, 0.717) is 12.8 Å². The number of thiol groups is 1. The quantitative estimate of drug-likeness (QED) is 0.639. The van der Waals surface area contributed by atoms with Crippen LogP contribution < -0.4 is 0 Å². The second-order valence-electron chi connectivity index (χ2n) is 3.83. The lowest BCUT2D eigenvalue weighted by Gasteiger charge is -2.07. The van der Waals surface area contributed by atoms with Gasteiger partial charge in [-0.25, -0.2) is 0 Å². The molecule has 0 spiro atoms. The fourth-order valence-corrected chi connectivity index (χ4v) is 1.66. The number of carbonyl (C=O) groups is 2. The molecule has 0 saturated carbocycles. The highest BCUT2D eigenvalue weighted by molar-refractivity contribution is 7.80. The third-order valence-electron chi connectivity index (χ3n) is 2.41. The van der Waals surface area contributed by atoms with Gasteiger partial charge in [0.25, 0.3) is 0 Å².